The zero-order valence-electron chi connectivity index (χ0n) is 19.7. The van der Waals surface area contributed by atoms with Crippen LogP contribution in [-0.2, 0) is 6.18 Å². The van der Waals surface area contributed by atoms with Crippen LogP contribution in [0.5, 0.6) is 0 Å². The summed E-state index contributed by atoms with van der Waals surface area (Å²) < 4.78 is 44.0. The molecule has 5 aromatic rings. The summed E-state index contributed by atoms with van der Waals surface area (Å²) in [4.78, 5) is 4.34. The monoisotopic (exact) mass is 467 g/mol. The van der Waals surface area contributed by atoms with E-state index in [1.807, 2.05) is 93.6 Å². The Balaban J connectivity index is 1.99. The van der Waals surface area contributed by atoms with Crippen LogP contribution in [0.4, 0.5) is 13.2 Å². The first-order chi connectivity index (χ1) is 16.7. The zero-order valence-corrected chi connectivity index (χ0v) is 19.7. The van der Waals surface area contributed by atoms with Crippen molar-refractivity contribution in [2.45, 2.75) is 26.9 Å². The van der Waals surface area contributed by atoms with Crippen molar-refractivity contribution in [3.63, 3.8) is 0 Å². The van der Waals surface area contributed by atoms with Crippen LogP contribution in [0.3, 0.4) is 0 Å². The van der Waals surface area contributed by atoms with E-state index in [-0.39, 0.29) is 5.56 Å². The van der Waals surface area contributed by atoms with Crippen molar-refractivity contribution in [3.8, 4) is 33.4 Å². The molecule has 1 aromatic heterocycles. The van der Waals surface area contributed by atoms with E-state index in [0.29, 0.717) is 27.6 Å². The minimum absolute atomic E-state index is 0.112. The Hall–Kier alpha value is -3.92. The number of nitrogens with zero attached hydrogens (tertiary/aromatic N) is 1. The topological polar surface area (TPSA) is 12.9 Å². The van der Waals surface area contributed by atoms with Crippen LogP contribution in [0, 0.1) is 20.8 Å². The first-order valence-electron chi connectivity index (χ1n) is 11.5. The summed E-state index contributed by atoms with van der Waals surface area (Å²) in [5.74, 6) is 0. The van der Waals surface area contributed by atoms with Gasteiger partial charge in [0.1, 0.15) is 0 Å². The second-order valence-corrected chi connectivity index (χ2v) is 9.02. The molecule has 0 aliphatic carbocycles. The van der Waals surface area contributed by atoms with E-state index < -0.39 is 11.9 Å². The van der Waals surface area contributed by atoms with Gasteiger partial charge in [-0.3, -0.25) is 0 Å². The number of benzene rings is 4. The summed E-state index contributed by atoms with van der Waals surface area (Å²) in [5.41, 5.74) is 5.80. The summed E-state index contributed by atoms with van der Waals surface area (Å²) in [6, 6.07) is 28.2. The Morgan fingerprint density at radius 3 is 1.60 bits per heavy atom. The predicted molar refractivity (Wildman–Crippen MR) is 137 cm³/mol. The van der Waals surface area contributed by atoms with Gasteiger partial charge in [0.15, 0.2) is 5.69 Å². The summed E-state index contributed by atoms with van der Waals surface area (Å²) in [6.07, 6.45) is -4.63. The smallest absolute Gasteiger partial charge is 0.242 e. The molecule has 0 aliphatic rings. The average molecular weight is 468 g/mol. The summed E-state index contributed by atoms with van der Waals surface area (Å²) in [5, 5.41) is 0.694. The first-order valence-corrected chi connectivity index (χ1v) is 11.5. The van der Waals surface area contributed by atoms with Crippen LogP contribution in [0.15, 0.2) is 91.0 Å². The van der Waals surface area contributed by atoms with E-state index >= 15 is 0 Å². The predicted octanol–water partition coefficient (Wildman–Crippen LogP) is 9.18. The first kappa shape index (κ1) is 22.9. The maximum absolute atomic E-state index is 14.7. The fourth-order valence-electron chi connectivity index (χ4n) is 4.72. The van der Waals surface area contributed by atoms with Crippen molar-refractivity contribution in [2.75, 3.05) is 0 Å². The van der Waals surface area contributed by atoms with Gasteiger partial charge in [0.25, 0.3) is 0 Å². The van der Waals surface area contributed by atoms with Crippen molar-refractivity contribution < 1.29 is 13.2 Å². The fourth-order valence-corrected chi connectivity index (χ4v) is 4.72. The van der Waals surface area contributed by atoms with E-state index in [1.165, 1.54) is 0 Å². The van der Waals surface area contributed by atoms with E-state index in [4.69, 9.17) is 0 Å². The van der Waals surface area contributed by atoms with Gasteiger partial charge >= 0.3 is 6.18 Å². The molecule has 0 radical (unpaired) electrons. The number of fused-ring (bicyclic) bond motifs is 1. The van der Waals surface area contributed by atoms with Gasteiger partial charge in [-0.05, 0) is 37.5 Å². The van der Waals surface area contributed by atoms with Gasteiger partial charge in [-0.25, -0.2) is 4.98 Å². The lowest BCUT2D eigenvalue weighted by molar-refractivity contribution is -0.140. The van der Waals surface area contributed by atoms with Gasteiger partial charge < -0.3 is 0 Å². The second kappa shape index (κ2) is 8.70. The Morgan fingerprint density at radius 2 is 1.06 bits per heavy atom. The second-order valence-electron chi connectivity index (χ2n) is 9.02. The van der Waals surface area contributed by atoms with Crippen LogP contribution < -0.4 is 0 Å². The van der Waals surface area contributed by atoms with Crippen molar-refractivity contribution in [3.05, 3.63) is 113 Å². The van der Waals surface area contributed by atoms with Crippen molar-refractivity contribution in [2.24, 2.45) is 0 Å². The lowest BCUT2D eigenvalue weighted by atomic mass is 9.87. The van der Waals surface area contributed by atoms with Gasteiger partial charge in [0, 0.05) is 22.1 Å². The number of hydrogen-bond acceptors (Lipinski definition) is 1. The van der Waals surface area contributed by atoms with Crippen LogP contribution >= 0.6 is 0 Å². The van der Waals surface area contributed by atoms with Crippen LogP contribution in [-0.4, -0.2) is 4.98 Å². The number of alkyl halides is 3. The molecule has 4 heteroatoms. The highest BCUT2D eigenvalue weighted by atomic mass is 19.4. The van der Waals surface area contributed by atoms with Gasteiger partial charge in [-0.15, -0.1) is 0 Å². The van der Waals surface area contributed by atoms with Crippen LogP contribution in [0.2, 0.25) is 0 Å². The maximum Gasteiger partial charge on any atom is 0.434 e. The average Bonchev–Trinajstić information content (AvgIpc) is 2.82. The molecule has 0 saturated heterocycles. The van der Waals surface area contributed by atoms with Crippen molar-refractivity contribution in [1.29, 1.82) is 0 Å². The molecule has 35 heavy (non-hydrogen) atoms. The Kier molecular flexibility index (Phi) is 5.68. The lowest BCUT2D eigenvalue weighted by Gasteiger charge is -2.21. The Labute approximate surface area is 202 Å². The van der Waals surface area contributed by atoms with Gasteiger partial charge in [-0.1, -0.05) is 108 Å². The maximum atomic E-state index is 14.7. The minimum Gasteiger partial charge on any atom is -0.242 e. The molecular formula is C31H24F3N. The molecule has 1 nitrogen and oxygen atoms in total. The number of halogens is 3. The summed E-state index contributed by atoms with van der Waals surface area (Å²) >= 11 is 0. The molecule has 1 heterocycles. The normalized spacial score (nSPS) is 11.7. The molecular weight excluding hydrogens is 443 g/mol. The molecule has 0 saturated carbocycles. The lowest BCUT2D eigenvalue weighted by Crippen LogP contribution is -2.12. The molecule has 174 valence electrons. The highest BCUT2D eigenvalue weighted by Gasteiger charge is 2.38. The third-order valence-electron chi connectivity index (χ3n) is 6.23. The molecule has 0 aliphatic heterocycles. The Morgan fingerprint density at radius 1 is 0.571 bits per heavy atom. The molecule has 0 amide bonds. The third-order valence-corrected chi connectivity index (χ3v) is 6.23. The largest absolute Gasteiger partial charge is 0.434 e. The molecule has 0 fully saturated rings. The molecule has 0 atom stereocenters. The fraction of sp³-hybridized carbons (Fsp3) is 0.129. The molecule has 0 N–H and O–H groups in total. The standard InChI is InChI=1S/C31H24F3N/c1-19-8-4-11-22(16-19)25-14-7-15-26-27(23-12-5-9-20(2)17-23)28(24-13-6-10-21(3)18-24)30(31(32,33)34)35-29(25)26/h4-18H,1-3H3. The number of pyridine rings is 1. The van der Waals surface area contributed by atoms with Crippen molar-refractivity contribution >= 4 is 10.9 Å². The van der Waals surface area contributed by atoms with E-state index in [1.54, 1.807) is 18.2 Å². The van der Waals surface area contributed by atoms with E-state index in [9.17, 15) is 13.2 Å². The minimum atomic E-state index is -4.63. The molecule has 0 spiro atoms. The summed E-state index contributed by atoms with van der Waals surface area (Å²) in [6.45, 7) is 5.80. The highest BCUT2D eigenvalue weighted by molar-refractivity contribution is 6.08. The number of aryl methyl sites for hydroxylation is 3. The van der Waals surface area contributed by atoms with Gasteiger partial charge in [-0.2, -0.15) is 13.2 Å². The number of aromatic nitrogens is 1. The summed E-state index contributed by atoms with van der Waals surface area (Å²) in [7, 11) is 0. The van der Waals surface area contributed by atoms with Gasteiger partial charge in [0.05, 0.1) is 5.52 Å². The molecule has 5 rings (SSSR count). The van der Waals surface area contributed by atoms with E-state index in [0.717, 1.165) is 27.8 Å². The zero-order chi connectivity index (χ0) is 24.7. The Bertz CT molecular complexity index is 1560. The quantitative estimate of drug-likeness (QED) is 0.258. The van der Waals surface area contributed by atoms with Gasteiger partial charge in [0.2, 0.25) is 0 Å². The SMILES string of the molecule is Cc1cccc(-c2c(C(F)(F)F)nc3c(-c4cccc(C)c4)cccc3c2-c2cccc(C)c2)c1. The van der Waals surface area contributed by atoms with Crippen LogP contribution in [0.1, 0.15) is 22.4 Å². The van der Waals surface area contributed by atoms with Crippen molar-refractivity contribution in [1.82, 2.24) is 4.98 Å². The third kappa shape index (κ3) is 4.32. The number of rotatable bonds is 3. The highest BCUT2D eigenvalue weighted by Crippen LogP contribution is 2.46. The van der Waals surface area contributed by atoms with E-state index in [2.05, 4.69) is 4.98 Å². The molecule has 4 aromatic carbocycles. The van der Waals surface area contributed by atoms with Crippen LogP contribution in [0.25, 0.3) is 44.3 Å². The number of para-hydroxylation sites is 1. The molecule has 0 unspecified atom stereocenters. The number of hydrogen-bond donors (Lipinski definition) is 0. The molecule has 0 bridgehead atoms.